The number of carbonyl (C=O) groups excluding carboxylic acids is 1. The minimum Gasteiger partial charge on any atom is -0.353 e. The lowest BCUT2D eigenvalue weighted by Crippen LogP contribution is -2.46. The molecule has 0 unspecified atom stereocenters. The highest BCUT2D eigenvalue weighted by atomic mass is 32.2. The lowest BCUT2D eigenvalue weighted by molar-refractivity contribution is -0.121. The van der Waals surface area contributed by atoms with Gasteiger partial charge in [0.2, 0.25) is 5.91 Å². The highest BCUT2D eigenvalue weighted by Crippen LogP contribution is 2.30. The van der Waals surface area contributed by atoms with Gasteiger partial charge in [-0.15, -0.1) is 0 Å². The van der Waals surface area contributed by atoms with Crippen LogP contribution < -0.4 is 16.6 Å². The van der Waals surface area contributed by atoms with Crippen molar-refractivity contribution < 1.29 is 9.18 Å². The molecule has 1 amide bonds. The molecular formula is C28H33FN4O3S. The summed E-state index contributed by atoms with van der Waals surface area (Å²) < 4.78 is 17.1. The van der Waals surface area contributed by atoms with Crippen LogP contribution in [0.2, 0.25) is 0 Å². The van der Waals surface area contributed by atoms with Gasteiger partial charge in [0.1, 0.15) is 11.5 Å². The number of fused-ring (bicyclic) bond motifs is 1. The monoisotopic (exact) mass is 524 g/mol. The summed E-state index contributed by atoms with van der Waals surface area (Å²) in [5.41, 5.74) is 2.71. The third-order valence-electron chi connectivity index (χ3n) is 7.55. The third-order valence-corrected chi connectivity index (χ3v) is 8.60. The largest absolute Gasteiger partial charge is 0.353 e. The summed E-state index contributed by atoms with van der Waals surface area (Å²) in [6, 6.07) is 7.01. The number of benzene rings is 1. The standard InChI is InChI=1S/C28H33FN4O3S/c1-17-11-18(2)13-19(12-17)14-25(34)31-21-3-5-22(6-4-21)33-27(35)24-15-20(29)16-30-26(24)32(28(33)36)23-7-9-37-10-8-23/h11-13,15-16,21-23H,3-10,14H2,1-2H3,(H,31,34). The minimum absolute atomic E-state index is 0.00233. The van der Waals surface area contributed by atoms with E-state index >= 15 is 0 Å². The van der Waals surface area contributed by atoms with E-state index in [9.17, 15) is 18.8 Å². The van der Waals surface area contributed by atoms with Crippen LogP contribution in [0.3, 0.4) is 0 Å². The van der Waals surface area contributed by atoms with E-state index < -0.39 is 11.4 Å². The average Bonchev–Trinajstić information content (AvgIpc) is 2.85. The van der Waals surface area contributed by atoms with Gasteiger partial charge >= 0.3 is 5.69 Å². The SMILES string of the molecule is Cc1cc(C)cc(CC(=O)NC2CCC(n3c(=O)c4cc(F)cnc4n(C4CCSCC4)c3=O)CC2)c1. The van der Waals surface area contributed by atoms with Gasteiger partial charge in [0.05, 0.1) is 18.0 Å². The maximum atomic E-state index is 14.1. The summed E-state index contributed by atoms with van der Waals surface area (Å²) in [6.45, 7) is 4.05. The summed E-state index contributed by atoms with van der Waals surface area (Å²) >= 11 is 1.85. The first-order valence-corrected chi connectivity index (χ1v) is 14.2. The topological polar surface area (TPSA) is 86.0 Å². The lowest BCUT2D eigenvalue weighted by Gasteiger charge is -2.31. The Kier molecular flexibility index (Phi) is 7.51. The van der Waals surface area contributed by atoms with Crippen molar-refractivity contribution >= 4 is 28.7 Å². The maximum Gasteiger partial charge on any atom is 0.333 e. The fourth-order valence-corrected chi connectivity index (χ4v) is 6.99. The number of nitrogens with one attached hydrogen (secondary N) is 1. The number of thioether (sulfide) groups is 1. The van der Waals surface area contributed by atoms with Gasteiger partial charge in [-0.05, 0) is 75.5 Å². The lowest BCUT2D eigenvalue weighted by atomic mass is 9.90. The molecule has 0 radical (unpaired) electrons. The quantitative estimate of drug-likeness (QED) is 0.540. The second-order valence-corrected chi connectivity index (χ2v) is 11.7. The zero-order valence-corrected chi connectivity index (χ0v) is 22.2. The van der Waals surface area contributed by atoms with Gasteiger partial charge in [-0.2, -0.15) is 11.8 Å². The van der Waals surface area contributed by atoms with Crippen molar-refractivity contribution in [1.82, 2.24) is 19.4 Å². The van der Waals surface area contributed by atoms with Gasteiger partial charge in [0, 0.05) is 18.1 Å². The summed E-state index contributed by atoms with van der Waals surface area (Å²) in [5.74, 6) is 1.27. The molecule has 37 heavy (non-hydrogen) atoms. The number of hydrogen-bond donors (Lipinski definition) is 1. The molecule has 3 heterocycles. The first-order chi connectivity index (χ1) is 17.8. The van der Waals surface area contributed by atoms with Crippen LogP contribution >= 0.6 is 11.8 Å². The van der Waals surface area contributed by atoms with Crippen molar-refractivity contribution in [3.63, 3.8) is 0 Å². The number of halogens is 1. The fourth-order valence-electron chi connectivity index (χ4n) is 5.91. The van der Waals surface area contributed by atoms with Crippen LogP contribution in [0.15, 0.2) is 40.1 Å². The van der Waals surface area contributed by atoms with E-state index in [1.165, 1.54) is 10.6 Å². The number of aromatic nitrogens is 3. The summed E-state index contributed by atoms with van der Waals surface area (Å²) in [5, 5.41) is 3.29. The van der Waals surface area contributed by atoms with Crippen molar-refractivity contribution in [1.29, 1.82) is 0 Å². The highest BCUT2D eigenvalue weighted by Gasteiger charge is 2.29. The van der Waals surface area contributed by atoms with E-state index in [1.807, 2.05) is 37.7 Å². The third kappa shape index (κ3) is 5.51. The molecule has 3 aromatic rings. The Balaban J connectivity index is 1.35. The van der Waals surface area contributed by atoms with Crippen LogP contribution in [0, 0.1) is 19.7 Å². The highest BCUT2D eigenvalue weighted by molar-refractivity contribution is 7.99. The summed E-state index contributed by atoms with van der Waals surface area (Å²) in [4.78, 5) is 44.0. The van der Waals surface area contributed by atoms with E-state index in [4.69, 9.17) is 0 Å². The minimum atomic E-state index is -0.587. The molecule has 1 aliphatic heterocycles. The van der Waals surface area contributed by atoms with Crippen LogP contribution in [0.4, 0.5) is 4.39 Å². The normalized spacial score (nSPS) is 20.7. The molecule has 1 N–H and O–H groups in total. The van der Waals surface area contributed by atoms with E-state index in [2.05, 4.69) is 16.4 Å². The molecule has 0 atom stereocenters. The Bertz CT molecular complexity index is 1420. The molecule has 7 nitrogen and oxygen atoms in total. The summed E-state index contributed by atoms with van der Waals surface area (Å²) in [7, 11) is 0. The van der Waals surface area contributed by atoms with Gasteiger partial charge in [0.15, 0.2) is 0 Å². The zero-order valence-electron chi connectivity index (χ0n) is 21.3. The molecule has 1 aliphatic carbocycles. The maximum absolute atomic E-state index is 14.1. The molecule has 0 spiro atoms. The second-order valence-electron chi connectivity index (χ2n) is 10.4. The van der Waals surface area contributed by atoms with Crippen molar-refractivity contribution in [2.75, 3.05) is 11.5 Å². The number of amides is 1. The van der Waals surface area contributed by atoms with E-state index in [0.29, 0.717) is 32.1 Å². The van der Waals surface area contributed by atoms with Crippen molar-refractivity contribution in [3.05, 3.63) is 73.8 Å². The number of rotatable bonds is 5. The molecule has 2 aliphatic rings. The van der Waals surface area contributed by atoms with Crippen LogP contribution in [-0.2, 0) is 11.2 Å². The van der Waals surface area contributed by atoms with E-state index in [0.717, 1.165) is 47.2 Å². The van der Waals surface area contributed by atoms with Gasteiger partial charge in [-0.3, -0.25) is 18.7 Å². The molecule has 2 fully saturated rings. The molecular weight excluding hydrogens is 491 g/mol. The van der Waals surface area contributed by atoms with Crippen LogP contribution in [0.25, 0.3) is 11.0 Å². The number of aryl methyl sites for hydroxylation is 2. The number of carbonyl (C=O) groups is 1. The van der Waals surface area contributed by atoms with Crippen LogP contribution in [0.1, 0.15) is 67.3 Å². The van der Waals surface area contributed by atoms with Crippen molar-refractivity contribution in [3.8, 4) is 0 Å². The second kappa shape index (κ2) is 10.8. The molecule has 5 rings (SSSR count). The molecule has 1 saturated carbocycles. The molecule has 196 valence electrons. The Morgan fingerprint density at radius 3 is 2.30 bits per heavy atom. The van der Waals surface area contributed by atoms with Gasteiger partial charge in [-0.25, -0.2) is 14.2 Å². The van der Waals surface area contributed by atoms with Gasteiger partial charge < -0.3 is 5.32 Å². The molecule has 0 bridgehead atoms. The van der Waals surface area contributed by atoms with Crippen molar-refractivity contribution in [2.45, 2.75) is 76.9 Å². The first-order valence-electron chi connectivity index (χ1n) is 13.1. The van der Waals surface area contributed by atoms with Gasteiger partial charge in [-0.1, -0.05) is 29.3 Å². The zero-order chi connectivity index (χ0) is 26.1. The smallest absolute Gasteiger partial charge is 0.333 e. The average molecular weight is 525 g/mol. The predicted octanol–water partition coefficient (Wildman–Crippen LogP) is 4.22. The summed E-state index contributed by atoms with van der Waals surface area (Å²) in [6.07, 6.45) is 5.58. The van der Waals surface area contributed by atoms with Crippen LogP contribution in [0.5, 0.6) is 0 Å². The van der Waals surface area contributed by atoms with Crippen molar-refractivity contribution in [2.24, 2.45) is 0 Å². The van der Waals surface area contributed by atoms with Crippen LogP contribution in [-0.4, -0.2) is 37.6 Å². The number of nitrogens with zero attached hydrogens (tertiary/aromatic N) is 3. The number of hydrogen-bond acceptors (Lipinski definition) is 5. The Morgan fingerprint density at radius 2 is 1.62 bits per heavy atom. The fraction of sp³-hybridized carbons (Fsp3) is 0.500. The molecule has 9 heteroatoms. The number of pyridine rings is 1. The Labute approximate surface area is 219 Å². The molecule has 1 aromatic carbocycles. The molecule has 2 aromatic heterocycles. The first kappa shape index (κ1) is 25.7. The van der Waals surface area contributed by atoms with E-state index in [1.54, 1.807) is 4.57 Å². The molecule has 1 saturated heterocycles. The Hall–Kier alpha value is -2.94. The van der Waals surface area contributed by atoms with E-state index in [-0.39, 0.29) is 40.8 Å². The predicted molar refractivity (Wildman–Crippen MR) is 145 cm³/mol. The van der Waals surface area contributed by atoms with Gasteiger partial charge in [0.25, 0.3) is 5.56 Å². The Morgan fingerprint density at radius 1 is 0.973 bits per heavy atom.